The van der Waals surface area contributed by atoms with Crippen LogP contribution in [0.1, 0.15) is 44.3 Å². The summed E-state index contributed by atoms with van der Waals surface area (Å²) in [6.07, 6.45) is 5.62. The number of aromatic nitrogens is 2. The fourth-order valence-corrected chi connectivity index (χ4v) is 4.90. The van der Waals surface area contributed by atoms with Crippen molar-refractivity contribution in [3.8, 4) is 5.69 Å². The van der Waals surface area contributed by atoms with Gasteiger partial charge in [-0.2, -0.15) is 0 Å². The zero-order valence-electron chi connectivity index (χ0n) is 16.7. The first-order chi connectivity index (χ1) is 14.3. The average molecular weight is 429 g/mol. The molecule has 0 fully saturated rings. The number of carbonyl (C=O) groups excluding carboxylic acids is 1. The number of rotatable bonds is 4. The molecular weight excluding hydrogens is 408 g/mol. The smallest absolute Gasteiger partial charge is 0.268 e. The molecule has 0 radical (unpaired) electrons. The molecule has 0 saturated heterocycles. The number of hydrogen-bond donors (Lipinski definition) is 0. The van der Waals surface area contributed by atoms with E-state index in [4.69, 9.17) is 0 Å². The third-order valence-electron chi connectivity index (χ3n) is 5.29. The molecule has 0 bridgehead atoms. The molecule has 1 aliphatic carbocycles. The number of benzene rings is 1. The maximum Gasteiger partial charge on any atom is 0.268 e. The van der Waals surface area contributed by atoms with Gasteiger partial charge in [-0.1, -0.05) is 0 Å². The average Bonchev–Trinajstić information content (AvgIpc) is 3.12. The van der Waals surface area contributed by atoms with E-state index in [9.17, 15) is 18.4 Å². The Labute approximate surface area is 176 Å². The molecule has 1 aromatic carbocycles. The number of pyridine rings is 1. The second-order valence-corrected chi connectivity index (χ2v) is 8.66. The van der Waals surface area contributed by atoms with Gasteiger partial charge in [0.15, 0.2) is 0 Å². The van der Waals surface area contributed by atoms with Crippen molar-refractivity contribution in [2.24, 2.45) is 0 Å². The van der Waals surface area contributed by atoms with Crippen LogP contribution in [0, 0.1) is 18.6 Å². The van der Waals surface area contributed by atoms with E-state index < -0.39 is 23.1 Å². The summed E-state index contributed by atoms with van der Waals surface area (Å²) in [4.78, 5) is 33.5. The molecule has 156 valence electrons. The van der Waals surface area contributed by atoms with E-state index in [-0.39, 0.29) is 11.3 Å². The van der Waals surface area contributed by atoms with Crippen molar-refractivity contribution in [1.29, 1.82) is 0 Å². The van der Waals surface area contributed by atoms with Crippen LogP contribution in [0.5, 0.6) is 0 Å². The number of aryl methyl sites for hydroxylation is 3. The second kappa shape index (κ2) is 8.10. The fraction of sp³-hybridized carbons (Fsp3) is 0.318. The van der Waals surface area contributed by atoms with E-state index in [1.807, 2.05) is 0 Å². The highest BCUT2D eigenvalue weighted by Gasteiger charge is 2.23. The summed E-state index contributed by atoms with van der Waals surface area (Å²) < 4.78 is 28.8. The summed E-state index contributed by atoms with van der Waals surface area (Å²) in [5, 5.41) is 0.836. The molecule has 4 rings (SSSR count). The van der Waals surface area contributed by atoms with Crippen LogP contribution in [-0.2, 0) is 19.4 Å². The molecule has 2 heterocycles. The number of thiazole rings is 1. The van der Waals surface area contributed by atoms with Gasteiger partial charge in [0, 0.05) is 24.2 Å². The molecule has 8 heteroatoms. The lowest BCUT2D eigenvalue weighted by Gasteiger charge is -2.18. The highest BCUT2D eigenvalue weighted by atomic mass is 32.1. The van der Waals surface area contributed by atoms with Crippen LogP contribution >= 0.6 is 11.3 Å². The number of hydrogen-bond acceptors (Lipinski definition) is 4. The van der Waals surface area contributed by atoms with E-state index >= 15 is 0 Å². The Kier molecular flexibility index (Phi) is 5.51. The molecule has 1 amide bonds. The van der Waals surface area contributed by atoms with Crippen LogP contribution in [0.15, 0.2) is 35.3 Å². The summed E-state index contributed by atoms with van der Waals surface area (Å²) in [6, 6.07) is 4.42. The minimum Gasteiger partial charge on any atom is -0.335 e. The number of amides is 1. The quantitative estimate of drug-likeness (QED) is 0.629. The van der Waals surface area contributed by atoms with Crippen molar-refractivity contribution in [2.75, 3.05) is 7.05 Å². The van der Waals surface area contributed by atoms with Gasteiger partial charge in [0.25, 0.3) is 11.5 Å². The van der Waals surface area contributed by atoms with Crippen molar-refractivity contribution >= 4 is 17.2 Å². The van der Waals surface area contributed by atoms with Crippen LogP contribution in [0.4, 0.5) is 8.78 Å². The Balaban J connectivity index is 1.66. The SMILES string of the molecule is Cc1ccn(-c2cc(F)ccc2F)c(=O)c1C(=O)N(C)Cc1nc2c(s1)CCCC2. The summed E-state index contributed by atoms with van der Waals surface area (Å²) in [6.45, 7) is 1.94. The van der Waals surface area contributed by atoms with Crippen molar-refractivity contribution in [2.45, 2.75) is 39.2 Å². The van der Waals surface area contributed by atoms with E-state index in [1.54, 1.807) is 31.4 Å². The summed E-state index contributed by atoms with van der Waals surface area (Å²) in [7, 11) is 1.61. The molecule has 0 saturated carbocycles. The predicted octanol–water partition coefficient (Wildman–Crippen LogP) is 4.03. The zero-order chi connectivity index (χ0) is 21.4. The molecule has 0 atom stereocenters. The fourth-order valence-electron chi connectivity index (χ4n) is 3.69. The maximum absolute atomic E-state index is 14.2. The minimum absolute atomic E-state index is 0.0648. The van der Waals surface area contributed by atoms with Crippen LogP contribution < -0.4 is 5.56 Å². The third kappa shape index (κ3) is 3.79. The highest BCUT2D eigenvalue weighted by molar-refractivity contribution is 7.11. The minimum atomic E-state index is -0.748. The first-order valence-corrected chi connectivity index (χ1v) is 10.6. The lowest BCUT2D eigenvalue weighted by atomic mass is 10.0. The van der Waals surface area contributed by atoms with Gasteiger partial charge in [-0.15, -0.1) is 11.3 Å². The molecule has 0 spiro atoms. The van der Waals surface area contributed by atoms with Gasteiger partial charge in [0.2, 0.25) is 0 Å². The topological polar surface area (TPSA) is 55.2 Å². The summed E-state index contributed by atoms with van der Waals surface area (Å²) >= 11 is 1.61. The van der Waals surface area contributed by atoms with E-state index in [0.29, 0.717) is 12.1 Å². The third-order valence-corrected chi connectivity index (χ3v) is 6.43. The van der Waals surface area contributed by atoms with E-state index in [0.717, 1.165) is 59.2 Å². The van der Waals surface area contributed by atoms with Gasteiger partial charge in [-0.3, -0.25) is 14.2 Å². The normalized spacial score (nSPS) is 13.2. The molecule has 3 aromatic rings. The van der Waals surface area contributed by atoms with Crippen LogP contribution in [0.25, 0.3) is 5.69 Å². The highest BCUT2D eigenvalue weighted by Crippen LogP contribution is 2.27. The molecule has 5 nitrogen and oxygen atoms in total. The summed E-state index contributed by atoms with van der Waals surface area (Å²) in [5.41, 5.74) is 0.606. The molecule has 0 N–H and O–H groups in total. The Morgan fingerprint density at radius 1 is 1.23 bits per heavy atom. The Morgan fingerprint density at radius 2 is 2.00 bits per heavy atom. The number of nitrogens with zero attached hydrogens (tertiary/aromatic N) is 3. The van der Waals surface area contributed by atoms with Gasteiger partial charge in [-0.25, -0.2) is 13.8 Å². The van der Waals surface area contributed by atoms with Crippen LogP contribution in [0.3, 0.4) is 0 Å². The molecular formula is C22H21F2N3O2S. The van der Waals surface area contributed by atoms with Gasteiger partial charge in [0.05, 0.1) is 17.9 Å². The van der Waals surface area contributed by atoms with Gasteiger partial charge < -0.3 is 4.90 Å². The second-order valence-electron chi connectivity index (χ2n) is 7.49. The van der Waals surface area contributed by atoms with Crippen molar-refractivity contribution < 1.29 is 13.6 Å². The first-order valence-electron chi connectivity index (χ1n) is 9.75. The molecule has 0 aliphatic heterocycles. The zero-order valence-corrected chi connectivity index (χ0v) is 17.6. The van der Waals surface area contributed by atoms with Crippen molar-refractivity contribution in [3.63, 3.8) is 0 Å². The van der Waals surface area contributed by atoms with Crippen LogP contribution in [0.2, 0.25) is 0 Å². The molecule has 1 aliphatic rings. The van der Waals surface area contributed by atoms with Gasteiger partial charge in [0.1, 0.15) is 22.2 Å². The number of fused-ring (bicyclic) bond motifs is 1. The van der Waals surface area contributed by atoms with Gasteiger partial charge >= 0.3 is 0 Å². The first kappa shape index (κ1) is 20.4. The largest absolute Gasteiger partial charge is 0.335 e. The maximum atomic E-state index is 14.2. The van der Waals surface area contributed by atoms with Crippen molar-refractivity contribution in [3.05, 3.63) is 79.2 Å². The Morgan fingerprint density at radius 3 is 2.77 bits per heavy atom. The van der Waals surface area contributed by atoms with E-state index in [2.05, 4.69) is 4.98 Å². The summed E-state index contributed by atoms with van der Waals surface area (Å²) in [5.74, 6) is -1.89. The Hall–Kier alpha value is -2.87. The lowest BCUT2D eigenvalue weighted by Crippen LogP contribution is -2.34. The van der Waals surface area contributed by atoms with Gasteiger partial charge in [-0.05, 0) is 56.4 Å². The monoisotopic (exact) mass is 429 g/mol. The molecule has 0 unspecified atom stereocenters. The standard InChI is InChI=1S/C22H21F2N3O2S/c1-13-9-10-27(17-11-14(23)7-8-15(17)24)22(29)20(13)21(28)26(2)12-19-25-16-5-3-4-6-18(16)30-19/h7-11H,3-6,12H2,1-2H3. The lowest BCUT2D eigenvalue weighted by molar-refractivity contribution is 0.0782. The molecule has 2 aromatic heterocycles. The number of halogens is 2. The Bertz CT molecular complexity index is 1160. The van der Waals surface area contributed by atoms with Crippen molar-refractivity contribution in [1.82, 2.24) is 14.5 Å². The number of carbonyl (C=O) groups is 1. The van der Waals surface area contributed by atoms with Crippen LogP contribution in [-0.4, -0.2) is 27.4 Å². The molecule has 30 heavy (non-hydrogen) atoms. The predicted molar refractivity (Wildman–Crippen MR) is 111 cm³/mol. The van der Waals surface area contributed by atoms with E-state index in [1.165, 1.54) is 16.0 Å².